The largest absolute Gasteiger partial charge is 0.480 e. The third kappa shape index (κ3) is 3.09. The number of rotatable bonds is 6. The van der Waals surface area contributed by atoms with Gasteiger partial charge in [0.15, 0.2) is 0 Å². The van der Waals surface area contributed by atoms with Crippen molar-refractivity contribution in [3.8, 4) is 23.1 Å². The summed E-state index contributed by atoms with van der Waals surface area (Å²) in [5.74, 6) is 0.903. The lowest BCUT2D eigenvalue weighted by molar-refractivity contribution is 0.311. The van der Waals surface area contributed by atoms with E-state index >= 15 is 0 Å². The van der Waals surface area contributed by atoms with E-state index in [-0.39, 0.29) is 12.6 Å². The zero-order chi connectivity index (χ0) is 14.4. The van der Waals surface area contributed by atoms with Crippen LogP contribution >= 0.6 is 0 Å². The second-order valence-electron chi connectivity index (χ2n) is 3.72. The van der Waals surface area contributed by atoms with Crippen molar-refractivity contribution in [2.24, 2.45) is 0 Å². The summed E-state index contributed by atoms with van der Waals surface area (Å²) >= 11 is 0. The third-order valence-corrected chi connectivity index (χ3v) is 2.44. The van der Waals surface area contributed by atoms with Crippen LogP contribution in [0.1, 0.15) is 0 Å². The van der Waals surface area contributed by atoms with E-state index in [9.17, 15) is 0 Å². The van der Waals surface area contributed by atoms with Crippen molar-refractivity contribution in [2.45, 2.75) is 0 Å². The molecule has 106 valence electrons. The van der Waals surface area contributed by atoms with E-state index in [0.29, 0.717) is 29.5 Å². The Morgan fingerprint density at radius 2 is 2.00 bits per heavy atom. The molecule has 8 nitrogen and oxygen atoms in total. The monoisotopic (exact) mass is 277 g/mol. The third-order valence-electron chi connectivity index (χ3n) is 2.44. The van der Waals surface area contributed by atoms with Crippen molar-refractivity contribution >= 4 is 5.82 Å². The Bertz CT molecular complexity index is 579. The van der Waals surface area contributed by atoms with E-state index in [0.717, 1.165) is 0 Å². The fraction of sp³-hybridized carbons (Fsp3) is 0.333. The van der Waals surface area contributed by atoms with Gasteiger partial charge in [0.05, 0.1) is 44.5 Å². The van der Waals surface area contributed by atoms with Crippen molar-refractivity contribution in [1.29, 1.82) is 0 Å². The summed E-state index contributed by atoms with van der Waals surface area (Å²) in [7, 11) is 2.99. The molecule has 2 N–H and O–H groups in total. The van der Waals surface area contributed by atoms with Crippen LogP contribution in [0.5, 0.6) is 11.9 Å². The number of anilines is 1. The predicted molar refractivity (Wildman–Crippen MR) is 71.7 cm³/mol. The Morgan fingerprint density at radius 3 is 2.70 bits per heavy atom. The quantitative estimate of drug-likeness (QED) is 0.780. The van der Waals surface area contributed by atoms with Crippen LogP contribution in [-0.4, -0.2) is 52.4 Å². The first-order chi connectivity index (χ1) is 9.78. The van der Waals surface area contributed by atoms with E-state index in [1.165, 1.54) is 14.2 Å². The average molecular weight is 277 g/mol. The van der Waals surface area contributed by atoms with Gasteiger partial charge in [0.25, 0.3) is 0 Å². The van der Waals surface area contributed by atoms with Gasteiger partial charge in [-0.2, -0.15) is 4.98 Å². The van der Waals surface area contributed by atoms with E-state index in [2.05, 4.69) is 25.3 Å². The molecule has 0 aliphatic heterocycles. The minimum absolute atomic E-state index is 0.0148. The van der Waals surface area contributed by atoms with Crippen molar-refractivity contribution in [3.05, 3.63) is 18.6 Å². The van der Waals surface area contributed by atoms with Gasteiger partial charge in [-0.25, -0.2) is 9.97 Å². The normalized spacial score (nSPS) is 10.2. The highest BCUT2D eigenvalue weighted by atomic mass is 16.5. The lowest BCUT2D eigenvalue weighted by Crippen LogP contribution is -2.07. The molecule has 0 aromatic carbocycles. The molecule has 20 heavy (non-hydrogen) atoms. The summed E-state index contributed by atoms with van der Waals surface area (Å²) in [4.78, 5) is 16.6. The molecule has 0 aliphatic carbocycles. The summed E-state index contributed by atoms with van der Waals surface area (Å²) < 4.78 is 10.1. The van der Waals surface area contributed by atoms with Gasteiger partial charge < -0.3 is 19.9 Å². The highest BCUT2D eigenvalue weighted by molar-refractivity contribution is 5.64. The summed E-state index contributed by atoms with van der Waals surface area (Å²) in [5, 5.41) is 11.7. The molecule has 2 heterocycles. The fourth-order valence-corrected chi connectivity index (χ4v) is 1.55. The molecule has 0 amide bonds. The van der Waals surface area contributed by atoms with Crippen molar-refractivity contribution in [2.75, 3.05) is 32.7 Å². The Morgan fingerprint density at radius 1 is 1.15 bits per heavy atom. The van der Waals surface area contributed by atoms with Crippen LogP contribution in [0.4, 0.5) is 5.82 Å². The van der Waals surface area contributed by atoms with Gasteiger partial charge in [-0.3, -0.25) is 4.98 Å². The van der Waals surface area contributed by atoms with Crippen molar-refractivity contribution < 1.29 is 14.6 Å². The number of nitrogens with one attached hydrogen (secondary N) is 1. The molecule has 0 fully saturated rings. The van der Waals surface area contributed by atoms with Crippen molar-refractivity contribution in [1.82, 2.24) is 19.9 Å². The number of ether oxygens (including phenoxy) is 2. The maximum atomic E-state index is 8.79. The second kappa shape index (κ2) is 6.62. The summed E-state index contributed by atoms with van der Waals surface area (Å²) in [5.41, 5.74) is 1.17. The van der Waals surface area contributed by atoms with Gasteiger partial charge in [0.1, 0.15) is 5.82 Å². The average Bonchev–Trinajstić information content (AvgIpc) is 2.52. The predicted octanol–water partition coefficient (Wildman–Crippen LogP) is 0.355. The van der Waals surface area contributed by atoms with E-state index in [1.807, 2.05) is 0 Å². The van der Waals surface area contributed by atoms with E-state index in [1.54, 1.807) is 18.6 Å². The lowest BCUT2D eigenvalue weighted by atomic mass is 10.2. The number of nitrogens with zero attached hydrogens (tertiary/aromatic N) is 4. The van der Waals surface area contributed by atoms with Crippen LogP contribution in [0.15, 0.2) is 18.6 Å². The molecule has 2 aromatic rings. The number of aliphatic hydroxyl groups excluding tert-OH is 1. The minimum Gasteiger partial charge on any atom is -0.480 e. The van der Waals surface area contributed by atoms with Gasteiger partial charge in [0.2, 0.25) is 5.88 Å². The van der Waals surface area contributed by atoms with Gasteiger partial charge in [0, 0.05) is 12.7 Å². The van der Waals surface area contributed by atoms with Crippen LogP contribution < -0.4 is 14.8 Å². The molecule has 0 atom stereocenters. The van der Waals surface area contributed by atoms with Crippen LogP contribution in [-0.2, 0) is 0 Å². The molecular formula is C12H15N5O3. The number of aromatic nitrogens is 4. The lowest BCUT2D eigenvalue weighted by Gasteiger charge is -2.09. The molecule has 0 saturated heterocycles. The highest BCUT2D eigenvalue weighted by Gasteiger charge is 2.12. The molecule has 2 aromatic heterocycles. The molecule has 0 unspecified atom stereocenters. The topological polar surface area (TPSA) is 102 Å². The minimum atomic E-state index is 0.0148. The molecule has 0 spiro atoms. The zero-order valence-electron chi connectivity index (χ0n) is 11.2. The number of methoxy groups -OCH3 is 2. The molecule has 2 rings (SSSR count). The van der Waals surface area contributed by atoms with E-state index < -0.39 is 0 Å². The first kappa shape index (κ1) is 13.9. The Balaban J connectivity index is 2.35. The smallest absolute Gasteiger partial charge is 0.319 e. The SMILES string of the molecule is COc1ncc(-c2cncc(NCCO)n2)c(OC)n1. The van der Waals surface area contributed by atoms with Crippen LogP contribution in [0, 0.1) is 0 Å². The Kier molecular flexibility index (Phi) is 4.61. The molecular weight excluding hydrogens is 262 g/mol. The zero-order valence-corrected chi connectivity index (χ0v) is 11.2. The van der Waals surface area contributed by atoms with E-state index in [4.69, 9.17) is 14.6 Å². The second-order valence-corrected chi connectivity index (χ2v) is 3.72. The first-order valence-corrected chi connectivity index (χ1v) is 5.90. The number of hydrogen-bond acceptors (Lipinski definition) is 8. The summed E-state index contributed by atoms with van der Waals surface area (Å²) in [6.07, 6.45) is 4.71. The fourth-order valence-electron chi connectivity index (χ4n) is 1.55. The first-order valence-electron chi connectivity index (χ1n) is 5.90. The highest BCUT2D eigenvalue weighted by Crippen LogP contribution is 2.27. The Hall–Kier alpha value is -2.48. The van der Waals surface area contributed by atoms with Crippen LogP contribution in [0.25, 0.3) is 11.3 Å². The van der Waals surface area contributed by atoms with Gasteiger partial charge in [-0.05, 0) is 0 Å². The maximum Gasteiger partial charge on any atom is 0.319 e. The van der Waals surface area contributed by atoms with Crippen LogP contribution in [0.2, 0.25) is 0 Å². The Labute approximate surface area is 115 Å². The number of hydrogen-bond donors (Lipinski definition) is 2. The van der Waals surface area contributed by atoms with Crippen LogP contribution in [0.3, 0.4) is 0 Å². The molecule has 0 radical (unpaired) electrons. The maximum absolute atomic E-state index is 8.79. The standard InChI is InChI=1S/C12H15N5O3/c1-19-11-8(5-15-12(17-11)20-2)9-6-13-7-10(16-9)14-3-4-18/h5-7,18H,3-4H2,1-2H3,(H,14,16). The summed E-state index contributed by atoms with van der Waals surface area (Å²) in [6, 6.07) is 0.216. The van der Waals surface area contributed by atoms with Gasteiger partial charge in [-0.1, -0.05) is 0 Å². The number of aliphatic hydroxyl groups is 1. The molecule has 0 bridgehead atoms. The molecule has 8 heteroatoms. The van der Waals surface area contributed by atoms with Gasteiger partial charge in [-0.15, -0.1) is 0 Å². The van der Waals surface area contributed by atoms with Crippen molar-refractivity contribution in [3.63, 3.8) is 0 Å². The van der Waals surface area contributed by atoms with Gasteiger partial charge >= 0.3 is 6.01 Å². The molecule has 0 aliphatic rings. The summed E-state index contributed by atoms with van der Waals surface area (Å²) in [6.45, 7) is 0.412. The molecule has 0 saturated carbocycles.